The molecule has 0 unspecified atom stereocenters. The molecular formula is C10H18N2. The first kappa shape index (κ1) is 11.0. The van der Waals surface area contributed by atoms with E-state index in [9.17, 15) is 0 Å². The minimum absolute atomic E-state index is 0.822. The third-order valence-electron chi connectivity index (χ3n) is 1.36. The number of nitrogens with two attached hydrogens (primary N) is 2. The van der Waals surface area contributed by atoms with E-state index < -0.39 is 0 Å². The average Bonchev–Trinajstić information content (AvgIpc) is 2.08. The molecule has 4 N–H and O–H groups in total. The fourth-order valence-corrected chi connectivity index (χ4v) is 0.657. The molecule has 1 aromatic rings. The van der Waals surface area contributed by atoms with Gasteiger partial charge in [0.1, 0.15) is 0 Å². The zero-order chi connectivity index (χ0) is 9.23. The molecule has 1 rings (SSSR count). The van der Waals surface area contributed by atoms with Crippen LogP contribution in [0.4, 0.5) is 5.69 Å². The Balaban J connectivity index is 0.000000217. The predicted molar refractivity (Wildman–Crippen MR) is 54.8 cm³/mol. The number of para-hydroxylation sites is 1. The van der Waals surface area contributed by atoms with Crippen LogP contribution in [-0.4, -0.2) is 6.54 Å². The first-order valence-corrected chi connectivity index (χ1v) is 4.31. The van der Waals surface area contributed by atoms with E-state index in [1.807, 2.05) is 30.3 Å². The van der Waals surface area contributed by atoms with Crippen LogP contribution in [0, 0.1) is 0 Å². The standard InChI is InChI=1S/C6H7N.C4H11N/c7-6-4-2-1-3-5-6;1-2-3-4-5/h1-5H,7H2;2-5H2,1H3. The summed E-state index contributed by atoms with van der Waals surface area (Å²) in [6, 6.07) is 9.49. The molecule has 0 amide bonds. The van der Waals surface area contributed by atoms with E-state index in [0.717, 1.165) is 12.2 Å². The van der Waals surface area contributed by atoms with Crippen molar-refractivity contribution in [3.05, 3.63) is 30.3 Å². The molecule has 68 valence electrons. The second-order valence-corrected chi connectivity index (χ2v) is 2.55. The lowest BCUT2D eigenvalue weighted by atomic mass is 10.3. The van der Waals surface area contributed by atoms with Crippen molar-refractivity contribution in [2.75, 3.05) is 12.3 Å². The van der Waals surface area contributed by atoms with Gasteiger partial charge in [-0.1, -0.05) is 31.5 Å². The van der Waals surface area contributed by atoms with E-state index in [0.29, 0.717) is 0 Å². The minimum atomic E-state index is 0.822. The molecule has 0 saturated carbocycles. The summed E-state index contributed by atoms with van der Waals surface area (Å²) in [5, 5.41) is 0. The summed E-state index contributed by atoms with van der Waals surface area (Å²) in [5.41, 5.74) is 11.3. The molecule has 1 aromatic carbocycles. The van der Waals surface area contributed by atoms with Gasteiger partial charge in [-0.15, -0.1) is 0 Å². The Morgan fingerprint density at radius 1 is 1.17 bits per heavy atom. The highest BCUT2D eigenvalue weighted by Crippen LogP contribution is 1.95. The van der Waals surface area contributed by atoms with Gasteiger partial charge in [-0.3, -0.25) is 0 Å². The van der Waals surface area contributed by atoms with Crippen LogP contribution in [0.15, 0.2) is 30.3 Å². The molecule has 0 saturated heterocycles. The first-order valence-electron chi connectivity index (χ1n) is 4.31. The van der Waals surface area contributed by atoms with Crippen molar-refractivity contribution in [1.29, 1.82) is 0 Å². The Hall–Kier alpha value is -1.02. The maximum Gasteiger partial charge on any atom is 0.0313 e. The van der Waals surface area contributed by atoms with Crippen molar-refractivity contribution in [2.24, 2.45) is 5.73 Å². The van der Waals surface area contributed by atoms with Crippen molar-refractivity contribution in [3.63, 3.8) is 0 Å². The highest BCUT2D eigenvalue weighted by Gasteiger charge is 1.72. The fraction of sp³-hybridized carbons (Fsp3) is 0.400. The van der Waals surface area contributed by atoms with E-state index in [4.69, 9.17) is 11.5 Å². The van der Waals surface area contributed by atoms with Gasteiger partial charge in [0.25, 0.3) is 0 Å². The van der Waals surface area contributed by atoms with Crippen LogP contribution in [-0.2, 0) is 0 Å². The Bertz CT molecular complexity index is 170. The van der Waals surface area contributed by atoms with Crippen LogP contribution in [0.25, 0.3) is 0 Å². The molecule has 2 heteroatoms. The van der Waals surface area contributed by atoms with Gasteiger partial charge in [0, 0.05) is 5.69 Å². The average molecular weight is 166 g/mol. The summed E-state index contributed by atoms with van der Waals surface area (Å²) in [7, 11) is 0. The molecule has 12 heavy (non-hydrogen) atoms. The van der Waals surface area contributed by atoms with Gasteiger partial charge in [0.05, 0.1) is 0 Å². The van der Waals surface area contributed by atoms with Crippen LogP contribution in [0.2, 0.25) is 0 Å². The van der Waals surface area contributed by atoms with Gasteiger partial charge in [-0.2, -0.15) is 0 Å². The van der Waals surface area contributed by atoms with E-state index in [1.54, 1.807) is 0 Å². The van der Waals surface area contributed by atoms with Crippen molar-refractivity contribution in [2.45, 2.75) is 19.8 Å². The van der Waals surface area contributed by atoms with Crippen molar-refractivity contribution >= 4 is 5.69 Å². The molecule has 0 atom stereocenters. The number of anilines is 1. The maximum absolute atomic E-state index is 5.36. The SMILES string of the molecule is CCCCN.Nc1ccccc1. The summed E-state index contributed by atoms with van der Waals surface area (Å²) in [6.07, 6.45) is 2.39. The largest absolute Gasteiger partial charge is 0.399 e. The predicted octanol–water partition coefficient (Wildman–Crippen LogP) is 2.01. The Kier molecular flexibility index (Phi) is 7.39. The highest BCUT2D eigenvalue weighted by atomic mass is 14.5. The summed E-state index contributed by atoms with van der Waals surface area (Å²) in [4.78, 5) is 0. The van der Waals surface area contributed by atoms with E-state index >= 15 is 0 Å². The van der Waals surface area contributed by atoms with Gasteiger partial charge in [0.15, 0.2) is 0 Å². The first-order chi connectivity index (χ1) is 5.81. The van der Waals surface area contributed by atoms with E-state index in [-0.39, 0.29) is 0 Å². The molecule has 0 aliphatic carbocycles. The summed E-state index contributed by atoms with van der Waals surface area (Å²) in [5.74, 6) is 0. The van der Waals surface area contributed by atoms with Crippen LogP contribution < -0.4 is 11.5 Å². The summed E-state index contributed by atoms with van der Waals surface area (Å²) < 4.78 is 0. The van der Waals surface area contributed by atoms with Crippen LogP contribution in [0.3, 0.4) is 0 Å². The molecule has 0 heterocycles. The van der Waals surface area contributed by atoms with Crippen molar-refractivity contribution < 1.29 is 0 Å². The zero-order valence-electron chi connectivity index (χ0n) is 7.66. The Morgan fingerprint density at radius 3 is 1.92 bits per heavy atom. The quantitative estimate of drug-likeness (QED) is 0.660. The van der Waals surface area contributed by atoms with Crippen molar-refractivity contribution in [3.8, 4) is 0 Å². The molecule has 0 fully saturated rings. The molecule has 0 aliphatic rings. The number of unbranched alkanes of at least 4 members (excludes halogenated alkanes) is 1. The maximum atomic E-state index is 5.36. The van der Waals surface area contributed by atoms with Crippen LogP contribution in [0.5, 0.6) is 0 Å². The smallest absolute Gasteiger partial charge is 0.0313 e. The monoisotopic (exact) mass is 166 g/mol. The molecule has 0 bridgehead atoms. The molecule has 0 aromatic heterocycles. The van der Waals surface area contributed by atoms with E-state index in [1.165, 1.54) is 12.8 Å². The highest BCUT2D eigenvalue weighted by molar-refractivity contribution is 5.35. The lowest BCUT2D eigenvalue weighted by Gasteiger charge is -1.83. The summed E-state index contributed by atoms with van der Waals surface area (Å²) >= 11 is 0. The van der Waals surface area contributed by atoms with Crippen LogP contribution in [0.1, 0.15) is 19.8 Å². The topological polar surface area (TPSA) is 52.0 Å². The van der Waals surface area contributed by atoms with Gasteiger partial charge in [-0.25, -0.2) is 0 Å². The summed E-state index contributed by atoms with van der Waals surface area (Å²) in [6.45, 7) is 2.98. The number of benzene rings is 1. The van der Waals surface area contributed by atoms with E-state index in [2.05, 4.69) is 6.92 Å². The lowest BCUT2D eigenvalue weighted by Crippen LogP contribution is -1.95. The Morgan fingerprint density at radius 2 is 1.75 bits per heavy atom. The molecule has 0 radical (unpaired) electrons. The number of rotatable bonds is 2. The zero-order valence-corrected chi connectivity index (χ0v) is 7.66. The van der Waals surface area contributed by atoms with Gasteiger partial charge in [-0.05, 0) is 25.1 Å². The number of hydrogen-bond donors (Lipinski definition) is 2. The fourth-order valence-electron chi connectivity index (χ4n) is 0.657. The Labute approximate surface area is 74.6 Å². The molecule has 2 nitrogen and oxygen atoms in total. The number of nitrogen functional groups attached to an aromatic ring is 1. The van der Waals surface area contributed by atoms with Crippen molar-refractivity contribution in [1.82, 2.24) is 0 Å². The third kappa shape index (κ3) is 7.09. The normalized spacial score (nSPS) is 8.50. The lowest BCUT2D eigenvalue weighted by molar-refractivity contribution is 0.807. The van der Waals surface area contributed by atoms with Gasteiger partial charge >= 0.3 is 0 Å². The molecular weight excluding hydrogens is 148 g/mol. The number of hydrogen-bond acceptors (Lipinski definition) is 2. The molecule has 0 aliphatic heterocycles. The second kappa shape index (κ2) is 8.08. The van der Waals surface area contributed by atoms with Gasteiger partial charge in [0.2, 0.25) is 0 Å². The third-order valence-corrected chi connectivity index (χ3v) is 1.36. The minimum Gasteiger partial charge on any atom is -0.399 e. The van der Waals surface area contributed by atoms with Gasteiger partial charge < -0.3 is 11.5 Å². The second-order valence-electron chi connectivity index (χ2n) is 2.55. The molecule has 0 spiro atoms. The van der Waals surface area contributed by atoms with Crippen LogP contribution >= 0.6 is 0 Å².